The molecule has 0 saturated heterocycles. The summed E-state index contributed by atoms with van der Waals surface area (Å²) in [5.41, 5.74) is -8.74. The molecular weight excluding hydrogens is 1190 g/mol. The minimum Gasteiger partial charge on any atom is -0.269 e. The molecular formula is C35H20F20N5O10S5. The van der Waals surface area contributed by atoms with Gasteiger partial charge < -0.3 is 0 Å². The SMILES string of the molecule is F.F.F.F.F.O=[N+]([O-])c1cc([S])cc(C(F)(F)F)c1.O=[N+]([O-])c1cc([S])cc(C(F)(F)F)c1.O=[N+]([O-])c1cc([S])cc(C(F)(F)F)c1.O=[N+]([O-])c1cc([S])cc(C(F)(F)F)c1.O=[N+]([O-])c1cc([S])cc(C(F)(F)F)c1. The summed E-state index contributed by atoms with van der Waals surface area (Å²) in [7, 11) is 0. The Morgan fingerprint density at radius 2 is 0.360 bits per heavy atom. The lowest BCUT2D eigenvalue weighted by molar-refractivity contribution is -0.385. The van der Waals surface area contributed by atoms with Crippen LogP contribution in [-0.2, 0) is 30.9 Å². The van der Waals surface area contributed by atoms with Gasteiger partial charge in [-0.25, -0.2) is 0 Å². The summed E-state index contributed by atoms with van der Waals surface area (Å²) in [5, 5.41) is 51.1. The first kappa shape index (κ1) is 76.7. The molecule has 0 amide bonds. The van der Waals surface area contributed by atoms with Crippen LogP contribution in [0.15, 0.2) is 115 Å². The first-order chi connectivity index (χ1) is 31.5. The van der Waals surface area contributed by atoms with E-state index in [1.54, 1.807) is 0 Å². The third-order valence-corrected chi connectivity index (χ3v) is 8.33. The zero-order chi connectivity index (χ0) is 54.7. The Morgan fingerprint density at radius 3 is 0.440 bits per heavy atom. The van der Waals surface area contributed by atoms with Crippen molar-refractivity contribution in [3.63, 3.8) is 0 Å². The van der Waals surface area contributed by atoms with E-state index in [2.05, 4.69) is 63.1 Å². The van der Waals surface area contributed by atoms with Crippen LogP contribution in [-0.4, -0.2) is 24.6 Å². The Bertz CT molecular complexity index is 2330. The normalized spacial score (nSPS) is 10.6. The number of nitrogens with zero attached hydrogens (tertiary/aromatic N) is 5. The number of alkyl halides is 15. The van der Waals surface area contributed by atoms with Crippen LogP contribution in [0.2, 0.25) is 0 Å². The molecule has 0 aliphatic rings. The molecule has 5 radical (unpaired) electrons. The minimum atomic E-state index is -4.61. The van der Waals surface area contributed by atoms with Crippen LogP contribution < -0.4 is 0 Å². The van der Waals surface area contributed by atoms with Crippen molar-refractivity contribution in [1.29, 1.82) is 0 Å². The van der Waals surface area contributed by atoms with Gasteiger partial charge in [0.2, 0.25) is 0 Å². The summed E-state index contributed by atoms with van der Waals surface area (Å²) in [6, 6.07) is 10.2. The number of nitro benzene ring substituents is 5. The molecule has 5 rings (SSSR count). The number of hydrogen-bond acceptors (Lipinski definition) is 10. The van der Waals surface area contributed by atoms with Gasteiger partial charge in [-0.1, -0.05) is 63.1 Å². The third kappa shape index (κ3) is 26.5. The first-order valence-electron chi connectivity index (χ1n) is 16.7. The molecule has 0 spiro atoms. The average Bonchev–Trinajstić information content (AvgIpc) is 3.19. The number of rotatable bonds is 5. The van der Waals surface area contributed by atoms with Crippen LogP contribution in [0.25, 0.3) is 0 Å². The van der Waals surface area contributed by atoms with E-state index >= 15 is 0 Å². The highest BCUT2D eigenvalue weighted by Crippen LogP contribution is 2.37. The Morgan fingerprint density at radius 1 is 0.253 bits per heavy atom. The fourth-order valence-electron chi connectivity index (χ4n) is 4.26. The lowest BCUT2D eigenvalue weighted by Gasteiger charge is -2.06. The highest BCUT2D eigenvalue weighted by Gasteiger charge is 2.36. The maximum Gasteiger partial charge on any atom is 0.416 e. The second-order valence-electron chi connectivity index (χ2n) is 12.4. The molecule has 0 atom stereocenters. The van der Waals surface area contributed by atoms with Gasteiger partial charge in [-0.2, -0.15) is 65.9 Å². The van der Waals surface area contributed by atoms with Crippen molar-refractivity contribution in [2.24, 2.45) is 0 Å². The second-order valence-corrected chi connectivity index (χ2v) is 14.7. The predicted molar refractivity (Wildman–Crippen MR) is 232 cm³/mol. The van der Waals surface area contributed by atoms with Gasteiger partial charge in [0.15, 0.2) is 0 Å². The van der Waals surface area contributed by atoms with Crippen LogP contribution in [0, 0.1) is 50.6 Å². The Kier molecular flexibility index (Phi) is 30.9. The van der Waals surface area contributed by atoms with Crippen molar-refractivity contribution in [1.82, 2.24) is 0 Å². The quantitative estimate of drug-likeness (QED) is 0.0921. The zero-order valence-electron chi connectivity index (χ0n) is 34.7. The zero-order valence-corrected chi connectivity index (χ0v) is 38.8. The molecule has 40 heteroatoms. The predicted octanol–water partition coefficient (Wildman–Crippen LogP) is 16.6. The van der Waals surface area contributed by atoms with Crippen LogP contribution in [0.1, 0.15) is 27.8 Å². The molecule has 0 bridgehead atoms. The van der Waals surface area contributed by atoms with Crippen molar-refractivity contribution in [2.75, 3.05) is 0 Å². The van der Waals surface area contributed by atoms with E-state index in [9.17, 15) is 116 Å². The average molecular weight is 1210 g/mol. The van der Waals surface area contributed by atoms with Crippen LogP contribution >= 0.6 is 63.1 Å². The molecule has 0 N–H and O–H groups in total. The molecule has 415 valence electrons. The fraction of sp³-hybridized carbons (Fsp3) is 0.143. The maximum absolute atomic E-state index is 12.1. The summed E-state index contributed by atoms with van der Waals surface area (Å²) in [6.45, 7) is 0. The molecule has 0 aromatic heterocycles. The smallest absolute Gasteiger partial charge is 0.269 e. The lowest BCUT2D eigenvalue weighted by atomic mass is 10.2. The van der Waals surface area contributed by atoms with Gasteiger partial charge in [-0.15, -0.1) is 0 Å². The van der Waals surface area contributed by atoms with Crippen molar-refractivity contribution in [3.8, 4) is 0 Å². The molecule has 0 fully saturated rings. The van der Waals surface area contributed by atoms with Crippen molar-refractivity contribution < 1.29 is 114 Å². The number of benzene rings is 5. The van der Waals surface area contributed by atoms with E-state index in [0.717, 1.165) is 30.3 Å². The van der Waals surface area contributed by atoms with E-state index in [-0.39, 0.29) is 48.0 Å². The van der Waals surface area contributed by atoms with E-state index in [4.69, 9.17) is 0 Å². The van der Waals surface area contributed by atoms with Gasteiger partial charge in [-0.05, 0) is 30.3 Å². The van der Waals surface area contributed by atoms with Gasteiger partial charge in [-0.3, -0.25) is 74.1 Å². The van der Waals surface area contributed by atoms with Gasteiger partial charge in [0.1, 0.15) is 0 Å². The fourth-order valence-corrected chi connectivity index (χ4v) is 5.50. The highest BCUT2D eigenvalue weighted by atomic mass is 32.1. The Labute approximate surface area is 429 Å². The number of nitro groups is 5. The van der Waals surface area contributed by atoms with Crippen molar-refractivity contribution >= 4 is 91.6 Å². The third-order valence-electron chi connectivity index (χ3n) is 7.15. The van der Waals surface area contributed by atoms with E-state index in [0.29, 0.717) is 60.7 Å². The topological polar surface area (TPSA) is 216 Å². The van der Waals surface area contributed by atoms with E-state index in [1.807, 2.05) is 0 Å². The Balaban J connectivity index is -0.000000268. The largest absolute Gasteiger partial charge is 0.416 e. The van der Waals surface area contributed by atoms with Gasteiger partial charge in [0.05, 0.1) is 52.4 Å². The first-order valence-corrected chi connectivity index (χ1v) is 18.8. The summed E-state index contributed by atoms with van der Waals surface area (Å²) in [6.07, 6.45) is -23.1. The second kappa shape index (κ2) is 30.2. The molecule has 5 aromatic carbocycles. The molecule has 0 saturated carbocycles. The number of non-ortho nitro benzene ring substituents is 5. The molecule has 0 unspecified atom stereocenters. The van der Waals surface area contributed by atoms with Crippen LogP contribution in [0.4, 0.5) is 118 Å². The van der Waals surface area contributed by atoms with E-state index < -0.39 is 112 Å². The number of hydrogen-bond donors (Lipinski definition) is 0. The molecule has 0 heterocycles. The lowest BCUT2D eigenvalue weighted by Crippen LogP contribution is -2.05. The maximum atomic E-state index is 12.1. The van der Waals surface area contributed by atoms with Crippen molar-refractivity contribution in [3.05, 3.63) is 169 Å². The molecule has 0 aliphatic heterocycles. The molecule has 75 heavy (non-hydrogen) atoms. The van der Waals surface area contributed by atoms with Crippen molar-refractivity contribution in [2.45, 2.75) is 55.4 Å². The summed E-state index contributed by atoms with van der Waals surface area (Å²) in [4.78, 5) is 45.6. The minimum absolute atomic E-state index is 0. The Hall–Kier alpha value is -7.20. The number of halogens is 20. The van der Waals surface area contributed by atoms with Crippen LogP contribution in [0.5, 0.6) is 0 Å². The van der Waals surface area contributed by atoms with Gasteiger partial charge >= 0.3 is 30.9 Å². The monoisotopic (exact) mass is 1210 g/mol. The molecule has 0 aliphatic carbocycles. The summed E-state index contributed by atoms with van der Waals surface area (Å²) in [5.74, 6) is 0. The van der Waals surface area contributed by atoms with Crippen LogP contribution in [0.3, 0.4) is 0 Å². The molecule has 15 nitrogen and oxygen atoms in total. The summed E-state index contributed by atoms with van der Waals surface area (Å²) < 4.78 is 182. The van der Waals surface area contributed by atoms with E-state index in [1.165, 1.54) is 0 Å². The molecule has 5 aromatic rings. The van der Waals surface area contributed by atoms with Gasteiger partial charge in [0.25, 0.3) is 28.4 Å². The van der Waals surface area contributed by atoms with Gasteiger partial charge in [0, 0.05) is 85.1 Å². The standard InChI is InChI=1S/5C7H3F3NO2S.5FH/c5*8-7(9,10)4-1-5(11(12)13)3-6(14)2-4;;;;;/h5*1-3H;5*1H. The summed E-state index contributed by atoms with van der Waals surface area (Å²) >= 11 is 22.4. The highest BCUT2D eigenvalue weighted by molar-refractivity contribution is 7.81.